The molecule has 0 bridgehead atoms. The number of imidazole rings is 1. The Kier molecular flexibility index (Phi) is 14.2. The number of aromatic nitrogens is 4. The van der Waals surface area contributed by atoms with E-state index >= 15 is 0 Å². The summed E-state index contributed by atoms with van der Waals surface area (Å²) in [6.07, 6.45) is 7.22. The van der Waals surface area contributed by atoms with Crippen molar-refractivity contribution in [3.8, 4) is 39.5 Å². The van der Waals surface area contributed by atoms with Gasteiger partial charge in [-0.2, -0.15) is 0 Å². The third-order valence-corrected chi connectivity index (χ3v) is 16.4. The summed E-state index contributed by atoms with van der Waals surface area (Å²) in [5.41, 5.74) is 15.2. The molecule has 0 saturated carbocycles. The summed E-state index contributed by atoms with van der Waals surface area (Å²) >= 11 is -1.86. The van der Waals surface area contributed by atoms with E-state index in [1.165, 1.54) is 33.5 Å². The van der Waals surface area contributed by atoms with E-state index in [1.807, 2.05) is 48.8 Å². The number of pyridine rings is 2. The zero-order valence-electron chi connectivity index (χ0n) is 40.1. The summed E-state index contributed by atoms with van der Waals surface area (Å²) in [6, 6.07) is 44.9. The number of rotatable bonds is 9. The van der Waals surface area contributed by atoms with E-state index in [-0.39, 0.29) is 37.4 Å². The summed E-state index contributed by atoms with van der Waals surface area (Å²) in [6.45, 7) is 20.4. The van der Waals surface area contributed by atoms with Crippen molar-refractivity contribution in [2.24, 2.45) is 5.92 Å². The van der Waals surface area contributed by atoms with Gasteiger partial charge in [-0.3, -0.25) is 9.97 Å². The summed E-state index contributed by atoms with van der Waals surface area (Å²) in [4.78, 5) is 14.9. The van der Waals surface area contributed by atoms with Gasteiger partial charge in [-0.1, -0.05) is 108 Å². The van der Waals surface area contributed by atoms with Gasteiger partial charge >= 0.3 is 126 Å². The van der Waals surface area contributed by atoms with Crippen LogP contribution in [0, 0.1) is 18.1 Å². The quantitative estimate of drug-likeness (QED) is 0.107. The minimum atomic E-state index is -1.86. The van der Waals surface area contributed by atoms with Crippen LogP contribution in [0.3, 0.4) is 0 Å². The molecule has 0 saturated heterocycles. The summed E-state index contributed by atoms with van der Waals surface area (Å²) in [7, 11) is 0. The summed E-state index contributed by atoms with van der Waals surface area (Å²) in [5, 5.41) is 2.16. The van der Waals surface area contributed by atoms with Gasteiger partial charge < -0.3 is 8.98 Å². The smallest absolute Gasteiger partial charge is 0.120 e. The first-order chi connectivity index (χ1) is 30.5. The number of furan rings is 1. The first-order valence-corrected chi connectivity index (χ1v) is 30.2. The number of hydrogen-bond donors (Lipinski definition) is 0. The molecule has 0 aliphatic heterocycles. The number of hydrogen-bond acceptors (Lipinski definition) is 4. The van der Waals surface area contributed by atoms with Crippen LogP contribution in [0.5, 0.6) is 0 Å². The molecule has 1 radical (unpaired) electrons. The molecule has 0 spiro atoms. The fourth-order valence-electron chi connectivity index (χ4n) is 8.89. The maximum atomic E-state index is 6.55. The van der Waals surface area contributed by atoms with Crippen LogP contribution < -0.4 is 4.40 Å². The Morgan fingerprint density at radius 3 is 2.02 bits per heavy atom. The second-order valence-corrected chi connectivity index (χ2v) is 30.9. The van der Waals surface area contributed by atoms with Crippen molar-refractivity contribution >= 4 is 50.6 Å². The molecule has 9 rings (SSSR count). The van der Waals surface area contributed by atoms with Crippen molar-refractivity contribution in [3.63, 3.8) is 0 Å². The summed E-state index contributed by atoms with van der Waals surface area (Å²) in [5.74, 6) is 9.34. The first-order valence-electron chi connectivity index (χ1n) is 22.9. The van der Waals surface area contributed by atoms with Gasteiger partial charge in [-0.05, 0) is 57.7 Å². The number of fused-ring (bicyclic) bond motifs is 4. The SMILES string of the molecule is CC(C)Cc1cc(-c2[c-]cccc2)nc[c]1[Ge]([CH3])([CH3])[CH3].CC(C)c1cc(-c2ccccc2)cc(C(C)C)c1-n1c(-c2[c-]ccc3c2oc2ccccc23)nc2c(C(C)(C)C)cncc21.[Ir]. The van der Waals surface area contributed by atoms with Crippen molar-refractivity contribution in [1.82, 2.24) is 19.5 Å². The molecule has 0 atom stereocenters. The molecule has 7 heteroatoms. The van der Waals surface area contributed by atoms with Crippen LogP contribution in [0.25, 0.3) is 72.4 Å². The van der Waals surface area contributed by atoms with Crippen LogP contribution in [0.4, 0.5) is 0 Å². The Bertz CT molecular complexity index is 3050. The Hall–Kier alpha value is -5.14. The second-order valence-electron chi connectivity index (χ2n) is 20.3. The molecule has 4 heterocycles. The molecule has 5 aromatic carbocycles. The minimum absolute atomic E-state index is 0. The fraction of sp³-hybridized carbons (Fsp3) is 0.293. The molecule has 0 fully saturated rings. The van der Waals surface area contributed by atoms with Gasteiger partial charge in [-0.15, -0.1) is 18.2 Å². The van der Waals surface area contributed by atoms with Crippen LogP contribution in [0.15, 0.2) is 132 Å². The van der Waals surface area contributed by atoms with Crippen molar-refractivity contribution in [2.45, 2.75) is 103 Å². The molecule has 0 N–H and O–H groups in total. The first kappa shape index (κ1) is 47.8. The zero-order chi connectivity index (χ0) is 45.5. The molecule has 0 amide bonds. The van der Waals surface area contributed by atoms with Crippen LogP contribution in [0.2, 0.25) is 17.3 Å². The Labute approximate surface area is 402 Å². The molecule has 5 nitrogen and oxygen atoms in total. The third-order valence-electron chi connectivity index (χ3n) is 12.1. The van der Waals surface area contributed by atoms with Crippen LogP contribution in [-0.2, 0) is 31.9 Å². The number of para-hydroxylation sites is 1. The van der Waals surface area contributed by atoms with Crippen molar-refractivity contribution in [3.05, 3.63) is 162 Å². The van der Waals surface area contributed by atoms with E-state index in [4.69, 9.17) is 19.4 Å². The van der Waals surface area contributed by atoms with Gasteiger partial charge in [0.25, 0.3) is 0 Å². The molecule has 0 aliphatic rings. The average molecular weight is 1100 g/mol. The maximum absolute atomic E-state index is 6.55. The van der Waals surface area contributed by atoms with Crippen molar-refractivity contribution in [1.29, 1.82) is 0 Å². The normalized spacial score (nSPS) is 12.0. The molecule has 4 aromatic heterocycles. The molecule has 9 aromatic rings. The molecule has 65 heavy (non-hydrogen) atoms. The predicted octanol–water partition coefficient (Wildman–Crippen LogP) is 15.3. The Morgan fingerprint density at radius 2 is 1.38 bits per heavy atom. The number of benzene rings is 5. The van der Waals surface area contributed by atoms with E-state index in [0.29, 0.717) is 5.92 Å². The zero-order valence-corrected chi connectivity index (χ0v) is 44.6. The van der Waals surface area contributed by atoms with Crippen LogP contribution >= 0.6 is 0 Å². The van der Waals surface area contributed by atoms with E-state index < -0.39 is 13.3 Å². The Morgan fingerprint density at radius 1 is 0.708 bits per heavy atom. The van der Waals surface area contributed by atoms with Gasteiger partial charge in [0.05, 0.1) is 28.6 Å². The molecule has 335 valence electrons. The molecule has 0 unspecified atom stereocenters. The minimum Gasteiger partial charge on any atom is -0.501 e. The number of nitrogens with zero attached hydrogens (tertiary/aromatic N) is 4. The van der Waals surface area contributed by atoms with Crippen molar-refractivity contribution in [2.75, 3.05) is 0 Å². The van der Waals surface area contributed by atoms with Crippen LogP contribution in [-0.4, -0.2) is 32.8 Å². The Balaban J connectivity index is 0.000000253. The van der Waals surface area contributed by atoms with Gasteiger partial charge in [0, 0.05) is 42.9 Å². The van der Waals surface area contributed by atoms with Gasteiger partial charge in [0.15, 0.2) is 0 Å². The van der Waals surface area contributed by atoms with E-state index in [1.54, 1.807) is 4.40 Å². The summed E-state index contributed by atoms with van der Waals surface area (Å²) < 4.78 is 10.4. The predicted molar refractivity (Wildman–Crippen MR) is 273 cm³/mol. The van der Waals surface area contributed by atoms with E-state index in [2.05, 4.69) is 175 Å². The topological polar surface area (TPSA) is 56.7 Å². The van der Waals surface area contributed by atoms with E-state index in [0.717, 1.165) is 67.6 Å². The van der Waals surface area contributed by atoms with Crippen molar-refractivity contribution < 1.29 is 24.5 Å². The second kappa shape index (κ2) is 19.4. The van der Waals surface area contributed by atoms with Gasteiger partial charge in [0.2, 0.25) is 0 Å². The maximum Gasteiger partial charge on any atom is 0.120 e. The third kappa shape index (κ3) is 9.87. The van der Waals surface area contributed by atoms with E-state index in [9.17, 15) is 0 Å². The van der Waals surface area contributed by atoms with Gasteiger partial charge in [0.1, 0.15) is 5.58 Å². The average Bonchev–Trinajstić information content (AvgIpc) is 3.84. The molecular weight excluding hydrogens is 1030 g/mol. The largest absolute Gasteiger partial charge is 0.501 e. The fourth-order valence-corrected chi connectivity index (χ4v) is 12.2. The molecular formula is C58H62GeIrN4O-2. The standard InChI is InChI=1S/C40H38N3O.C18H24GeN.Ir/c1-24(2)31-20-27(26-14-9-8-10-15-26)21-32(25(3)4)37(31)43-34-23-41-22-33(40(5,6)7)36(34)42-39(43)30-18-13-17-29-28-16-11-12-19-35(28)44-38(29)30;1-14(2)11-16-12-18(15-9-7-6-8-10-15)20-13-17(16)19(3,4)5;/h8-17,19-25H,1-7H3;6-9,12-14H,11H2,1-5H3;/q2*-1;. The van der Waals surface area contributed by atoms with Crippen LogP contribution in [0.1, 0.15) is 96.4 Å². The van der Waals surface area contributed by atoms with Gasteiger partial charge in [-0.25, -0.2) is 0 Å². The molecule has 0 aliphatic carbocycles. The monoisotopic (exact) mass is 1100 g/mol.